The van der Waals surface area contributed by atoms with Crippen LogP contribution in [0.5, 0.6) is 11.5 Å². The number of nitrogens with one attached hydrogen (secondary N) is 1. The van der Waals surface area contributed by atoms with E-state index in [2.05, 4.69) is 5.32 Å². The minimum absolute atomic E-state index is 0.196. The Morgan fingerprint density at radius 2 is 1.75 bits per heavy atom. The van der Waals surface area contributed by atoms with Crippen molar-refractivity contribution < 1.29 is 14.2 Å². The van der Waals surface area contributed by atoms with Gasteiger partial charge in [0, 0.05) is 28.8 Å². The number of methoxy groups -OCH3 is 1. The summed E-state index contributed by atoms with van der Waals surface area (Å²) in [5.74, 6) is 1.03. The molecule has 0 radical (unpaired) electrons. The number of ether oxygens (including phenoxy) is 3. The molecule has 0 amide bonds. The average Bonchev–Trinajstić information content (AvgIpc) is 2.64. The van der Waals surface area contributed by atoms with Crippen molar-refractivity contribution in [2.75, 3.05) is 20.3 Å². The smallest absolute Gasteiger partial charge is 0.180 e. The maximum absolute atomic E-state index is 6.44. The van der Waals surface area contributed by atoms with Gasteiger partial charge in [-0.05, 0) is 56.6 Å². The van der Waals surface area contributed by atoms with E-state index in [1.165, 1.54) is 0 Å². The molecule has 0 heterocycles. The highest BCUT2D eigenvalue weighted by molar-refractivity contribution is 6.36. The molecule has 0 unspecified atom stereocenters. The van der Waals surface area contributed by atoms with Crippen LogP contribution in [0.15, 0.2) is 30.3 Å². The van der Waals surface area contributed by atoms with Crippen LogP contribution in [0.3, 0.4) is 0 Å². The Kier molecular flexibility index (Phi) is 9.69. The van der Waals surface area contributed by atoms with E-state index >= 15 is 0 Å². The summed E-state index contributed by atoms with van der Waals surface area (Å²) in [7, 11) is 1.58. The van der Waals surface area contributed by atoms with Crippen LogP contribution in [-0.2, 0) is 17.9 Å². The van der Waals surface area contributed by atoms with Gasteiger partial charge < -0.3 is 19.5 Å². The third-order valence-electron chi connectivity index (χ3n) is 3.99. The topological polar surface area (TPSA) is 39.7 Å². The predicted octanol–water partition coefficient (Wildman–Crippen LogP) is 6.14. The molecule has 0 saturated heterocycles. The van der Waals surface area contributed by atoms with Gasteiger partial charge in [-0.15, -0.1) is 0 Å². The predicted molar refractivity (Wildman–Crippen MR) is 116 cm³/mol. The quantitative estimate of drug-likeness (QED) is 0.421. The Hall–Kier alpha value is -1.17. The molecule has 4 nitrogen and oxygen atoms in total. The molecule has 0 atom stereocenters. The minimum Gasteiger partial charge on any atom is -0.493 e. The van der Waals surface area contributed by atoms with Gasteiger partial charge >= 0.3 is 0 Å². The Morgan fingerprint density at radius 3 is 2.39 bits per heavy atom. The van der Waals surface area contributed by atoms with Gasteiger partial charge in [0.1, 0.15) is 6.61 Å². The highest BCUT2D eigenvalue weighted by Gasteiger charge is 2.14. The molecule has 1 N–H and O–H groups in total. The van der Waals surface area contributed by atoms with Gasteiger partial charge in [0.25, 0.3) is 0 Å². The lowest BCUT2D eigenvalue weighted by Crippen LogP contribution is -2.17. The van der Waals surface area contributed by atoms with Crippen molar-refractivity contribution in [3.05, 3.63) is 56.5 Å². The summed E-state index contributed by atoms with van der Waals surface area (Å²) in [6, 6.07) is 9.11. The average molecular weight is 447 g/mol. The summed E-state index contributed by atoms with van der Waals surface area (Å²) < 4.78 is 16.9. The first kappa shape index (κ1) is 23.1. The lowest BCUT2D eigenvalue weighted by Gasteiger charge is -2.16. The van der Waals surface area contributed by atoms with Crippen LogP contribution in [0.25, 0.3) is 0 Å². The van der Waals surface area contributed by atoms with Gasteiger partial charge in [-0.3, -0.25) is 0 Å². The molecule has 154 valence electrons. The molecule has 0 aliphatic rings. The second kappa shape index (κ2) is 11.7. The van der Waals surface area contributed by atoms with E-state index in [0.717, 1.165) is 25.1 Å². The van der Waals surface area contributed by atoms with E-state index in [1.807, 2.05) is 26.0 Å². The highest BCUT2D eigenvalue weighted by atomic mass is 35.5. The third-order valence-corrected chi connectivity index (χ3v) is 4.98. The maximum atomic E-state index is 6.44. The van der Waals surface area contributed by atoms with Crippen molar-refractivity contribution in [3.63, 3.8) is 0 Å². The molecule has 2 aromatic rings. The fraction of sp³-hybridized carbons (Fsp3) is 0.429. The zero-order valence-electron chi connectivity index (χ0n) is 16.4. The molecular weight excluding hydrogens is 421 g/mol. The number of hydrogen-bond donors (Lipinski definition) is 1. The summed E-state index contributed by atoms with van der Waals surface area (Å²) in [5, 5.41) is 4.94. The van der Waals surface area contributed by atoms with Crippen molar-refractivity contribution >= 4 is 34.8 Å². The van der Waals surface area contributed by atoms with Crippen molar-refractivity contribution in [2.24, 2.45) is 0 Å². The Morgan fingerprint density at radius 1 is 1.04 bits per heavy atom. The SMILES string of the molecule is COc1cc(CNCCCOC(C)C)cc(Cl)c1OCc1c(Cl)cccc1Cl. The van der Waals surface area contributed by atoms with Gasteiger partial charge in [-0.1, -0.05) is 40.9 Å². The number of halogens is 3. The molecule has 0 fully saturated rings. The van der Waals surface area contributed by atoms with Crippen LogP contribution in [0.1, 0.15) is 31.4 Å². The summed E-state index contributed by atoms with van der Waals surface area (Å²) in [6.07, 6.45) is 1.21. The lowest BCUT2D eigenvalue weighted by molar-refractivity contribution is 0.0770. The second-order valence-electron chi connectivity index (χ2n) is 6.55. The van der Waals surface area contributed by atoms with Crippen LogP contribution in [0.2, 0.25) is 15.1 Å². The molecule has 2 rings (SSSR count). The highest BCUT2D eigenvalue weighted by Crippen LogP contribution is 2.38. The first-order chi connectivity index (χ1) is 13.4. The Labute approximate surface area is 182 Å². The van der Waals surface area contributed by atoms with Crippen LogP contribution >= 0.6 is 34.8 Å². The van der Waals surface area contributed by atoms with E-state index in [-0.39, 0.29) is 12.7 Å². The third kappa shape index (κ3) is 7.02. The molecule has 0 aromatic heterocycles. The van der Waals surface area contributed by atoms with Gasteiger partial charge in [-0.25, -0.2) is 0 Å². The number of benzene rings is 2. The van der Waals surface area contributed by atoms with E-state index in [9.17, 15) is 0 Å². The lowest BCUT2D eigenvalue weighted by atomic mass is 10.2. The van der Waals surface area contributed by atoms with Crippen molar-refractivity contribution in [1.82, 2.24) is 5.32 Å². The second-order valence-corrected chi connectivity index (χ2v) is 7.77. The van der Waals surface area contributed by atoms with Crippen LogP contribution in [-0.4, -0.2) is 26.4 Å². The standard InChI is InChI=1S/C21H26Cl3NO3/c1-14(2)27-9-5-8-25-12-15-10-19(24)21(20(11-15)26-3)28-13-16-17(22)6-4-7-18(16)23/h4,6-7,10-11,14,25H,5,8-9,12-13H2,1-3H3. The molecule has 0 aliphatic carbocycles. The van der Waals surface area contributed by atoms with E-state index in [1.54, 1.807) is 25.3 Å². The molecule has 28 heavy (non-hydrogen) atoms. The summed E-state index contributed by atoms with van der Waals surface area (Å²) in [4.78, 5) is 0. The summed E-state index contributed by atoms with van der Waals surface area (Å²) in [6.45, 7) is 6.54. The van der Waals surface area contributed by atoms with Crippen molar-refractivity contribution in [3.8, 4) is 11.5 Å². The molecule has 0 spiro atoms. The van der Waals surface area contributed by atoms with Crippen molar-refractivity contribution in [1.29, 1.82) is 0 Å². The number of hydrogen-bond acceptors (Lipinski definition) is 4. The Balaban J connectivity index is 1.97. The molecule has 2 aromatic carbocycles. The largest absolute Gasteiger partial charge is 0.493 e. The van der Waals surface area contributed by atoms with Gasteiger partial charge in [0.2, 0.25) is 0 Å². The normalized spacial score (nSPS) is 11.1. The fourth-order valence-electron chi connectivity index (χ4n) is 2.58. The zero-order chi connectivity index (χ0) is 20.5. The van der Waals surface area contributed by atoms with Crippen LogP contribution in [0.4, 0.5) is 0 Å². The number of rotatable bonds is 11. The fourth-order valence-corrected chi connectivity index (χ4v) is 3.37. The molecule has 0 saturated carbocycles. The summed E-state index contributed by atoms with van der Waals surface area (Å²) in [5.41, 5.74) is 1.72. The van der Waals surface area contributed by atoms with Gasteiger partial charge in [0.05, 0.1) is 18.2 Å². The maximum Gasteiger partial charge on any atom is 0.180 e. The molecule has 0 aliphatic heterocycles. The molecule has 7 heteroatoms. The molecular formula is C21H26Cl3NO3. The van der Waals surface area contributed by atoms with E-state index < -0.39 is 0 Å². The Bertz CT molecular complexity index is 749. The minimum atomic E-state index is 0.196. The van der Waals surface area contributed by atoms with E-state index in [4.69, 9.17) is 49.0 Å². The van der Waals surface area contributed by atoms with E-state index in [0.29, 0.717) is 38.7 Å². The van der Waals surface area contributed by atoms with Gasteiger partial charge in [-0.2, -0.15) is 0 Å². The van der Waals surface area contributed by atoms with Crippen molar-refractivity contribution in [2.45, 2.75) is 39.5 Å². The first-order valence-corrected chi connectivity index (χ1v) is 10.3. The van der Waals surface area contributed by atoms with Crippen LogP contribution in [0, 0.1) is 0 Å². The van der Waals surface area contributed by atoms with Crippen LogP contribution < -0.4 is 14.8 Å². The van der Waals surface area contributed by atoms with Gasteiger partial charge in [0.15, 0.2) is 11.5 Å². The summed E-state index contributed by atoms with van der Waals surface area (Å²) >= 11 is 18.8. The first-order valence-electron chi connectivity index (χ1n) is 9.16. The molecule has 0 bridgehead atoms. The monoisotopic (exact) mass is 445 g/mol. The zero-order valence-corrected chi connectivity index (χ0v) is 18.6.